The Kier molecular flexibility index (Phi) is 1.68. The van der Waals surface area contributed by atoms with E-state index >= 15 is 0 Å². The number of rotatable bonds is 1. The van der Waals surface area contributed by atoms with Crippen LogP contribution in [0, 0.1) is 6.92 Å². The zero-order valence-corrected chi connectivity index (χ0v) is 9.14. The second-order valence-corrected chi connectivity index (χ2v) is 3.90. The number of para-hydroxylation sites is 2. The maximum atomic E-state index is 11.1. The van der Waals surface area contributed by atoms with Gasteiger partial charge in [0.25, 0.3) is 0 Å². The fourth-order valence-corrected chi connectivity index (χ4v) is 2.20. The minimum atomic E-state index is 0.665. The van der Waals surface area contributed by atoms with Gasteiger partial charge in [-0.15, -0.1) is 0 Å². The number of benzene rings is 1. The van der Waals surface area contributed by atoms with Gasteiger partial charge >= 0.3 is 0 Å². The van der Waals surface area contributed by atoms with Crippen LogP contribution in [0.2, 0.25) is 0 Å². The molecule has 0 fully saturated rings. The molecular formula is C12H11N3O. The topological polar surface area (TPSA) is 39.3 Å². The van der Waals surface area contributed by atoms with Gasteiger partial charge < -0.3 is 4.57 Å². The first-order valence-electron chi connectivity index (χ1n) is 5.12. The first-order valence-corrected chi connectivity index (χ1v) is 5.12. The largest absolute Gasteiger partial charge is 0.327 e. The molecule has 0 radical (unpaired) electrons. The van der Waals surface area contributed by atoms with E-state index in [0.717, 1.165) is 28.7 Å². The fourth-order valence-electron chi connectivity index (χ4n) is 2.20. The van der Waals surface area contributed by atoms with Crippen LogP contribution in [0.25, 0.3) is 16.7 Å². The van der Waals surface area contributed by atoms with Gasteiger partial charge in [-0.3, -0.25) is 4.79 Å². The van der Waals surface area contributed by atoms with E-state index < -0.39 is 0 Å². The Labute approximate surface area is 92.1 Å². The van der Waals surface area contributed by atoms with E-state index in [1.807, 2.05) is 47.3 Å². The van der Waals surface area contributed by atoms with Crippen LogP contribution in [0.5, 0.6) is 0 Å². The molecule has 4 nitrogen and oxygen atoms in total. The van der Waals surface area contributed by atoms with Crippen LogP contribution < -0.4 is 0 Å². The summed E-state index contributed by atoms with van der Waals surface area (Å²) >= 11 is 0. The first-order chi connectivity index (χ1) is 7.74. The van der Waals surface area contributed by atoms with E-state index in [2.05, 4.69) is 5.10 Å². The van der Waals surface area contributed by atoms with Crippen LogP contribution in [0.15, 0.2) is 24.3 Å². The number of hydrogen-bond acceptors (Lipinski definition) is 2. The van der Waals surface area contributed by atoms with Crippen LogP contribution in [0.4, 0.5) is 0 Å². The van der Waals surface area contributed by atoms with E-state index in [-0.39, 0.29) is 0 Å². The molecule has 0 aliphatic rings. The lowest BCUT2D eigenvalue weighted by Gasteiger charge is -1.95. The summed E-state index contributed by atoms with van der Waals surface area (Å²) in [6.45, 7) is 1.85. The quantitative estimate of drug-likeness (QED) is 0.579. The van der Waals surface area contributed by atoms with Crippen molar-refractivity contribution in [3.05, 3.63) is 35.5 Å². The van der Waals surface area contributed by atoms with Crippen molar-refractivity contribution in [2.24, 2.45) is 7.05 Å². The molecule has 3 aromatic rings. The predicted molar refractivity (Wildman–Crippen MR) is 61.8 cm³/mol. The minimum absolute atomic E-state index is 0.665. The lowest BCUT2D eigenvalue weighted by Crippen LogP contribution is -1.91. The van der Waals surface area contributed by atoms with E-state index in [0.29, 0.717) is 5.56 Å². The minimum Gasteiger partial charge on any atom is -0.327 e. The number of carbonyl (C=O) groups is 1. The van der Waals surface area contributed by atoms with Gasteiger partial charge in [-0.1, -0.05) is 12.1 Å². The third-order valence-corrected chi connectivity index (χ3v) is 2.99. The lowest BCUT2D eigenvalue weighted by molar-refractivity contribution is 0.112. The first kappa shape index (κ1) is 9.15. The molecule has 0 saturated carbocycles. The molecule has 0 aliphatic carbocycles. The summed E-state index contributed by atoms with van der Waals surface area (Å²) in [5, 5.41) is 4.40. The smallest absolute Gasteiger partial charge is 0.155 e. The molecule has 80 valence electrons. The number of fused-ring (bicyclic) bond motifs is 3. The van der Waals surface area contributed by atoms with Crippen molar-refractivity contribution in [2.45, 2.75) is 6.92 Å². The lowest BCUT2D eigenvalue weighted by atomic mass is 10.3. The van der Waals surface area contributed by atoms with Gasteiger partial charge in [0.05, 0.1) is 22.3 Å². The van der Waals surface area contributed by atoms with Gasteiger partial charge in [-0.05, 0) is 19.1 Å². The van der Waals surface area contributed by atoms with Crippen LogP contribution >= 0.6 is 0 Å². The fraction of sp³-hybridized carbons (Fsp3) is 0.167. The average molecular weight is 213 g/mol. The van der Waals surface area contributed by atoms with Crippen molar-refractivity contribution in [1.29, 1.82) is 0 Å². The highest BCUT2D eigenvalue weighted by molar-refractivity contribution is 5.92. The number of hydrogen-bond donors (Lipinski definition) is 0. The summed E-state index contributed by atoms with van der Waals surface area (Å²) in [6.07, 6.45) is 0.872. The summed E-state index contributed by atoms with van der Waals surface area (Å²) in [5.41, 5.74) is 4.39. The normalized spacial score (nSPS) is 11.4. The van der Waals surface area contributed by atoms with Crippen molar-refractivity contribution in [3.63, 3.8) is 0 Å². The highest BCUT2D eigenvalue weighted by atomic mass is 16.1. The molecule has 0 aliphatic heterocycles. The molecule has 2 heterocycles. The van der Waals surface area contributed by atoms with Crippen LogP contribution in [0.3, 0.4) is 0 Å². The van der Waals surface area contributed by atoms with Gasteiger partial charge in [0, 0.05) is 7.05 Å². The van der Waals surface area contributed by atoms with Crippen molar-refractivity contribution < 1.29 is 4.79 Å². The van der Waals surface area contributed by atoms with Gasteiger partial charge in [-0.25, -0.2) is 4.52 Å². The molecule has 2 aromatic heterocycles. The average Bonchev–Trinajstić information content (AvgIpc) is 2.76. The summed E-state index contributed by atoms with van der Waals surface area (Å²) in [5.74, 6) is 0. The highest BCUT2D eigenvalue weighted by Gasteiger charge is 2.15. The number of aromatic nitrogens is 3. The monoisotopic (exact) mass is 213 g/mol. The number of nitrogens with zero attached hydrogens (tertiary/aromatic N) is 3. The summed E-state index contributed by atoms with van der Waals surface area (Å²) < 4.78 is 3.83. The molecule has 0 amide bonds. The van der Waals surface area contributed by atoms with E-state index in [1.165, 1.54) is 0 Å². The molecule has 0 atom stereocenters. The molecule has 0 saturated heterocycles. The second-order valence-electron chi connectivity index (χ2n) is 3.90. The van der Waals surface area contributed by atoms with Gasteiger partial charge in [0.1, 0.15) is 5.65 Å². The van der Waals surface area contributed by atoms with Gasteiger partial charge in [0.2, 0.25) is 0 Å². The number of aldehydes is 1. The Balaban J connectivity index is 2.64. The number of carbonyl (C=O) groups excluding carboxylic acids is 1. The van der Waals surface area contributed by atoms with E-state index in [9.17, 15) is 4.79 Å². The number of aryl methyl sites for hydroxylation is 2. The molecule has 0 spiro atoms. The third kappa shape index (κ3) is 0.934. The van der Waals surface area contributed by atoms with Gasteiger partial charge in [0.15, 0.2) is 6.29 Å². The Bertz CT molecular complexity index is 706. The molecule has 3 rings (SSSR count). The molecule has 16 heavy (non-hydrogen) atoms. The molecule has 0 bridgehead atoms. The zero-order valence-electron chi connectivity index (χ0n) is 9.14. The predicted octanol–water partition coefficient (Wildman–Crippen LogP) is 1.95. The maximum absolute atomic E-state index is 11.1. The van der Waals surface area contributed by atoms with Crippen molar-refractivity contribution in [2.75, 3.05) is 0 Å². The number of imidazole rings is 1. The highest BCUT2D eigenvalue weighted by Crippen LogP contribution is 2.22. The van der Waals surface area contributed by atoms with Gasteiger partial charge in [-0.2, -0.15) is 5.10 Å². The van der Waals surface area contributed by atoms with Crippen LogP contribution in [-0.2, 0) is 7.05 Å². The Morgan fingerprint density at radius 1 is 1.25 bits per heavy atom. The van der Waals surface area contributed by atoms with Crippen molar-refractivity contribution >= 4 is 23.0 Å². The van der Waals surface area contributed by atoms with Crippen molar-refractivity contribution in [3.8, 4) is 0 Å². The maximum Gasteiger partial charge on any atom is 0.155 e. The SMILES string of the molecule is Cc1nn2c3ccccc3n(C)c2c1C=O. The van der Waals surface area contributed by atoms with Crippen LogP contribution in [-0.4, -0.2) is 20.5 Å². The molecule has 1 aromatic carbocycles. The Morgan fingerprint density at radius 3 is 2.62 bits per heavy atom. The Morgan fingerprint density at radius 2 is 1.94 bits per heavy atom. The molecule has 0 unspecified atom stereocenters. The molecule has 4 heteroatoms. The van der Waals surface area contributed by atoms with Crippen molar-refractivity contribution in [1.82, 2.24) is 14.2 Å². The standard InChI is InChI=1S/C12H11N3O/c1-8-9(7-16)12-14(2)10-5-3-4-6-11(10)15(12)13-8/h3-7H,1-2H3. The summed E-state index contributed by atoms with van der Waals surface area (Å²) in [6, 6.07) is 7.98. The third-order valence-electron chi connectivity index (χ3n) is 2.99. The van der Waals surface area contributed by atoms with E-state index in [1.54, 1.807) is 0 Å². The van der Waals surface area contributed by atoms with Crippen LogP contribution in [0.1, 0.15) is 16.1 Å². The second kappa shape index (κ2) is 2.95. The molecule has 0 N–H and O–H groups in total. The zero-order chi connectivity index (χ0) is 11.3. The summed E-state index contributed by atoms with van der Waals surface area (Å²) in [7, 11) is 1.95. The molecular weight excluding hydrogens is 202 g/mol. The summed E-state index contributed by atoms with van der Waals surface area (Å²) in [4.78, 5) is 11.1. The van der Waals surface area contributed by atoms with E-state index in [4.69, 9.17) is 0 Å². The Hall–Kier alpha value is -2.10.